The van der Waals surface area contributed by atoms with Gasteiger partial charge in [-0.3, -0.25) is 0 Å². The van der Waals surface area contributed by atoms with Gasteiger partial charge in [-0.15, -0.1) is 0 Å². The van der Waals surface area contributed by atoms with Crippen LogP contribution in [-0.2, 0) is 11.4 Å². The zero-order valence-electron chi connectivity index (χ0n) is 16.0. The molecule has 1 aromatic carbocycles. The molecule has 1 aliphatic rings. The predicted octanol–water partition coefficient (Wildman–Crippen LogP) is 4.58. The highest BCUT2D eigenvalue weighted by atomic mass is 35.5. The van der Waals surface area contributed by atoms with Crippen LogP contribution in [0.2, 0.25) is 5.22 Å². The monoisotopic (exact) mass is 407 g/mol. The summed E-state index contributed by atoms with van der Waals surface area (Å²) in [5.41, 5.74) is 0.635. The van der Waals surface area contributed by atoms with E-state index in [2.05, 4.69) is 10.5 Å². The van der Waals surface area contributed by atoms with Gasteiger partial charge in [-0.25, -0.2) is 9.18 Å². The maximum atomic E-state index is 14.1. The van der Waals surface area contributed by atoms with Crippen LogP contribution >= 0.6 is 11.6 Å². The van der Waals surface area contributed by atoms with E-state index in [0.29, 0.717) is 23.5 Å². The highest BCUT2D eigenvalue weighted by Crippen LogP contribution is 2.22. The Morgan fingerprint density at radius 2 is 2.07 bits per heavy atom. The lowest BCUT2D eigenvalue weighted by molar-refractivity contribution is 0.0578. The Balaban J connectivity index is 1.70. The van der Waals surface area contributed by atoms with Crippen LogP contribution in [0.5, 0.6) is 0 Å². The van der Waals surface area contributed by atoms with Crippen LogP contribution in [0.1, 0.15) is 38.5 Å². The molecule has 8 heteroatoms. The number of rotatable bonds is 5. The van der Waals surface area contributed by atoms with E-state index in [-0.39, 0.29) is 36.3 Å². The van der Waals surface area contributed by atoms with Crippen molar-refractivity contribution < 1.29 is 18.4 Å². The molecule has 2 aromatic rings. The molecule has 28 heavy (non-hydrogen) atoms. The SMILES string of the molecule is CC(C)(C)NC(=O)N(Cc1ccccc1F)C[C@@H]1CC(c2ccc(Cl)o2)=NO1. The summed E-state index contributed by atoms with van der Waals surface area (Å²) in [6, 6.07) is 9.45. The second kappa shape index (κ2) is 8.22. The zero-order chi connectivity index (χ0) is 20.3. The molecule has 3 rings (SSSR count). The summed E-state index contributed by atoms with van der Waals surface area (Å²) in [6.45, 7) is 6.04. The van der Waals surface area contributed by atoms with Gasteiger partial charge in [-0.05, 0) is 50.6 Å². The Hall–Kier alpha value is -2.54. The van der Waals surface area contributed by atoms with Crippen LogP contribution in [0.3, 0.4) is 0 Å². The van der Waals surface area contributed by atoms with Gasteiger partial charge in [-0.2, -0.15) is 0 Å². The first kappa shape index (κ1) is 20.2. The Kier molecular flexibility index (Phi) is 5.93. The van der Waals surface area contributed by atoms with E-state index < -0.39 is 5.54 Å². The number of furan rings is 1. The fourth-order valence-corrected chi connectivity index (χ4v) is 2.98. The number of hydrogen-bond donors (Lipinski definition) is 1. The van der Waals surface area contributed by atoms with Crippen molar-refractivity contribution in [3.63, 3.8) is 0 Å². The number of nitrogens with zero attached hydrogens (tertiary/aromatic N) is 2. The molecule has 0 aliphatic carbocycles. The Morgan fingerprint density at radius 1 is 1.32 bits per heavy atom. The topological polar surface area (TPSA) is 67.1 Å². The predicted molar refractivity (Wildman–Crippen MR) is 105 cm³/mol. The Morgan fingerprint density at radius 3 is 2.71 bits per heavy atom. The van der Waals surface area contributed by atoms with Crippen molar-refractivity contribution in [3.05, 3.63) is 58.8 Å². The van der Waals surface area contributed by atoms with Crippen LogP contribution in [0.25, 0.3) is 0 Å². The van der Waals surface area contributed by atoms with Crippen LogP contribution < -0.4 is 5.32 Å². The molecule has 0 fully saturated rings. The Bertz CT molecular complexity index is 876. The summed E-state index contributed by atoms with van der Waals surface area (Å²) >= 11 is 5.81. The van der Waals surface area contributed by atoms with Crippen molar-refractivity contribution in [2.24, 2.45) is 5.16 Å². The first-order valence-corrected chi connectivity index (χ1v) is 9.38. The largest absolute Gasteiger partial charge is 0.443 e. The van der Waals surface area contributed by atoms with Gasteiger partial charge in [0, 0.05) is 17.5 Å². The van der Waals surface area contributed by atoms with Crippen molar-refractivity contribution in [2.45, 2.75) is 45.4 Å². The van der Waals surface area contributed by atoms with Crippen molar-refractivity contribution in [3.8, 4) is 0 Å². The van der Waals surface area contributed by atoms with Crippen LogP contribution in [-0.4, -0.2) is 34.8 Å². The number of carbonyl (C=O) groups is 1. The molecule has 0 saturated carbocycles. The number of nitrogens with one attached hydrogen (secondary N) is 1. The van der Waals surface area contributed by atoms with E-state index in [1.54, 1.807) is 30.3 Å². The first-order valence-electron chi connectivity index (χ1n) is 9.00. The highest BCUT2D eigenvalue weighted by Gasteiger charge is 2.29. The van der Waals surface area contributed by atoms with Gasteiger partial charge in [0.1, 0.15) is 11.5 Å². The number of amides is 2. The van der Waals surface area contributed by atoms with Crippen LogP contribution in [0, 0.1) is 5.82 Å². The summed E-state index contributed by atoms with van der Waals surface area (Å²) < 4.78 is 19.5. The molecular weight excluding hydrogens is 385 g/mol. The van der Waals surface area contributed by atoms with E-state index in [9.17, 15) is 9.18 Å². The highest BCUT2D eigenvalue weighted by molar-refractivity contribution is 6.29. The molecule has 1 atom stereocenters. The Labute approximate surface area is 168 Å². The number of hydrogen-bond acceptors (Lipinski definition) is 4. The number of carbonyl (C=O) groups excluding carboxylic acids is 1. The summed E-state index contributed by atoms with van der Waals surface area (Å²) in [5.74, 6) is 0.179. The molecule has 0 spiro atoms. The number of urea groups is 1. The van der Waals surface area contributed by atoms with Gasteiger partial charge >= 0.3 is 6.03 Å². The lowest BCUT2D eigenvalue weighted by atomic mass is 10.1. The molecule has 2 heterocycles. The summed E-state index contributed by atoms with van der Waals surface area (Å²) in [4.78, 5) is 19.8. The van der Waals surface area contributed by atoms with E-state index in [4.69, 9.17) is 20.9 Å². The van der Waals surface area contributed by atoms with E-state index in [1.165, 1.54) is 11.0 Å². The molecule has 0 saturated heterocycles. The average Bonchev–Trinajstić information content (AvgIpc) is 3.23. The molecular formula is C20H23ClFN3O3. The smallest absolute Gasteiger partial charge is 0.318 e. The van der Waals surface area contributed by atoms with Gasteiger partial charge in [0.25, 0.3) is 0 Å². The van der Waals surface area contributed by atoms with Gasteiger partial charge in [0.15, 0.2) is 17.1 Å². The minimum atomic E-state index is -0.423. The number of halogens is 2. The van der Waals surface area contributed by atoms with E-state index in [0.717, 1.165) is 0 Å². The van der Waals surface area contributed by atoms with Crippen LogP contribution in [0.15, 0.2) is 46.0 Å². The quantitative estimate of drug-likeness (QED) is 0.789. The molecule has 1 N–H and O–H groups in total. The first-order chi connectivity index (χ1) is 13.2. The molecule has 0 unspecified atom stereocenters. The maximum absolute atomic E-state index is 14.1. The average molecular weight is 408 g/mol. The molecule has 1 aliphatic heterocycles. The number of benzene rings is 1. The molecule has 2 amide bonds. The lowest BCUT2D eigenvalue weighted by Crippen LogP contribution is -2.50. The zero-order valence-corrected chi connectivity index (χ0v) is 16.8. The minimum Gasteiger partial charge on any atom is -0.443 e. The van der Waals surface area contributed by atoms with E-state index in [1.807, 2.05) is 20.8 Å². The summed E-state index contributed by atoms with van der Waals surface area (Å²) in [7, 11) is 0. The molecule has 6 nitrogen and oxygen atoms in total. The van der Waals surface area contributed by atoms with Gasteiger partial charge in [0.05, 0.1) is 13.1 Å². The normalized spacial score (nSPS) is 16.5. The summed E-state index contributed by atoms with van der Waals surface area (Å²) in [6.07, 6.45) is 0.0943. The van der Waals surface area contributed by atoms with Crippen LogP contribution in [0.4, 0.5) is 9.18 Å². The lowest BCUT2D eigenvalue weighted by Gasteiger charge is -2.29. The van der Waals surface area contributed by atoms with E-state index >= 15 is 0 Å². The number of oxime groups is 1. The molecule has 0 radical (unpaired) electrons. The maximum Gasteiger partial charge on any atom is 0.318 e. The standard InChI is InChI=1S/C20H23ClFN3O3/c1-20(2,3)23-19(26)25(11-13-6-4-5-7-15(13)22)12-14-10-16(24-28-14)17-8-9-18(21)27-17/h4-9,14H,10-12H2,1-3H3,(H,23,26)/t14-/m0/s1. The second-order valence-corrected chi connectivity index (χ2v) is 8.10. The summed E-state index contributed by atoms with van der Waals surface area (Å²) in [5, 5.41) is 7.23. The third-order valence-corrected chi connectivity index (χ3v) is 4.31. The molecule has 0 bridgehead atoms. The molecule has 1 aromatic heterocycles. The van der Waals surface area contributed by atoms with Crippen molar-refractivity contribution in [1.29, 1.82) is 0 Å². The molecule has 150 valence electrons. The van der Waals surface area contributed by atoms with Crippen molar-refractivity contribution in [2.75, 3.05) is 6.54 Å². The van der Waals surface area contributed by atoms with Crippen molar-refractivity contribution in [1.82, 2.24) is 10.2 Å². The van der Waals surface area contributed by atoms with Gasteiger partial charge in [-0.1, -0.05) is 23.4 Å². The second-order valence-electron chi connectivity index (χ2n) is 7.73. The minimum absolute atomic E-state index is 0.121. The fraction of sp³-hybridized carbons (Fsp3) is 0.400. The van der Waals surface area contributed by atoms with Gasteiger partial charge in [0.2, 0.25) is 0 Å². The van der Waals surface area contributed by atoms with Gasteiger partial charge < -0.3 is 19.5 Å². The third kappa shape index (κ3) is 5.25. The third-order valence-electron chi connectivity index (χ3n) is 4.10. The van der Waals surface area contributed by atoms with Crippen molar-refractivity contribution >= 4 is 23.3 Å². The fourth-order valence-electron chi connectivity index (χ4n) is 2.84.